The molecule has 2 heterocycles. The van der Waals surface area contributed by atoms with E-state index in [0.717, 1.165) is 33.8 Å². The van der Waals surface area contributed by atoms with Crippen molar-refractivity contribution in [2.45, 2.75) is 6.92 Å². The Balaban J connectivity index is 1.72. The number of benzene rings is 3. The van der Waals surface area contributed by atoms with Crippen molar-refractivity contribution >= 4 is 18.0 Å². The molecule has 176 valence electrons. The Labute approximate surface area is 210 Å². The van der Waals surface area contributed by atoms with Crippen molar-refractivity contribution < 1.29 is 9.53 Å². The molecule has 0 atom stereocenters. The molecule has 0 aliphatic heterocycles. The smallest absolute Gasteiger partial charge is 0.338 e. The summed E-state index contributed by atoms with van der Waals surface area (Å²) in [6.45, 7) is 2.14. The molecule has 5 heteroatoms. The normalized spacial score (nSPS) is 11.0. The number of ether oxygens (including phenoxy) is 1. The van der Waals surface area contributed by atoms with Gasteiger partial charge in [-0.25, -0.2) is 14.8 Å². The highest BCUT2D eigenvalue weighted by atomic mass is 16.5. The number of nitrogens with zero attached hydrogens (tertiary/aromatic N) is 3. The van der Waals surface area contributed by atoms with Crippen LogP contribution in [0.15, 0.2) is 120 Å². The first-order valence-corrected chi connectivity index (χ1v) is 11.8. The third kappa shape index (κ3) is 4.86. The van der Waals surface area contributed by atoms with E-state index in [1.54, 1.807) is 25.3 Å². The van der Waals surface area contributed by atoms with Crippen molar-refractivity contribution in [1.82, 2.24) is 9.55 Å². The second-order valence-electron chi connectivity index (χ2n) is 8.11. The summed E-state index contributed by atoms with van der Waals surface area (Å²) in [4.78, 5) is 21.2. The van der Waals surface area contributed by atoms with E-state index in [9.17, 15) is 4.79 Å². The molecule has 5 rings (SSSR count). The highest BCUT2D eigenvalue weighted by molar-refractivity contribution is 5.95. The third-order valence-electron chi connectivity index (χ3n) is 5.77. The molecule has 36 heavy (non-hydrogen) atoms. The molecule has 0 N–H and O–H groups in total. The van der Waals surface area contributed by atoms with E-state index in [0.29, 0.717) is 18.0 Å². The number of carbonyl (C=O) groups is 1. The fourth-order valence-electron chi connectivity index (χ4n) is 4.14. The Kier molecular flexibility index (Phi) is 6.81. The molecule has 0 amide bonds. The summed E-state index contributed by atoms with van der Waals surface area (Å²) in [5.41, 5.74) is 6.54. The minimum atomic E-state index is -0.327. The second-order valence-corrected chi connectivity index (χ2v) is 8.11. The topological polar surface area (TPSA) is 56.5 Å². The van der Waals surface area contributed by atoms with Gasteiger partial charge in [0.1, 0.15) is 0 Å². The first kappa shape index (κ1) is 23.0. The molecule has 0 bridgehead atoms. The number of pyridine rings is 1. The maximum Gasteiger partial charge on any atom is 0.338 e. The van der Waals surface area contributed by atoms with E-state index in [1.807, 2.05) is 72.9 Å². The molecular weight excluding hydrogens is 446 g/mol. The monoisotopic (exact) mass is 471 g/mol. The Morgan fingerprint density at radius 1 is 0.861 bits per heavy atom. The summed E-state index contributed by atoms with van der Waals surface area (Å²) in [6.07, 6.45) is 3.59. The van der Waals surface area contributed by atoms with Crippen LogP contribution in [0.25, 0.3) is 28.2 Å². The largest absolute Gasteiger partial charge is 0.462 e. The van der Waals surface area contributed by atoms with Crippen LogP contribution in [0.2, 0.25) is 0 Å². The van der Waals surface area contributed by atoms with Crippen molar-refractivity contribution in [2.75, 3.05) is 6.61 Å². The number of esters is 1. The zero-order valence-corrected chi connectivity index (χ0v) is 19.9. The van der Waals surface area contributed by atoms with E-state index in [-0.39, 0.29) is 5.97 Å². The maximum absolute atomic E-state index is 12.2. The molecule has 0 unspecified atom stereocenters. The van der Waals surface area contributed by atoms with Crippen LogP contribution in [0.3, 0.4) is 0 Å². The van der Waals surface area contributed by atoms with Crippen molar-refractivity contribution in [3.8, 4) is 28.2 Å². The minimum absolute atomic E-state index is 0.327. The number of hydrogen-bond donors (Lipinski definition) is 0. The predicted octanol–water partition coefficient (Wildman–Crippen LogP) is 7.13. The molecule has 5 nitrogen and oxygen atoms in total. The highest BCUT2D eigenvalue weighted by Crippen LogP contribution is 2.35. The van der Waals surface area contributed by atoms with Gasteiger partial charge in [-0.2, -0.15) is 0 Å². The second kappa shape index (κ2) is 10.7. The van der Waals surface area contributed by atoms with Gasteiger partial charge in [0.25, 0.3) is 0 Å². The van der Waals surface area contributed by atoms with Crippen LogP contribution in [0.5, 0.6) is 0 Å². The number of carbonyl (C=O) groups excluding carboxylic acids is 1. The fourth-order valence-corrected chi connectivity index (χ4v) is 4.14. The van der Waals surface area contributed by atoms with Gasteiger partial charge in [0, 0.05) is 23.7 Å². The molecule has 5 aromatic rings. The van der Waals surface area contributed by atoms with Gasteiger partial charge in [-0.3, -0.25) is 0 Å². The van der Waals surface area contributed by atoms with Crippen molar-refractivity contribution in [2.24, 2.45) is 4.99 Å². The van der Waals surface area contributed by atoms with Crippen LogP contribution < -0.4 is 0 Å². The minimum Gasteiger partial charge on any atom is -0.462 e. The van der Waals surface area contributed by atoms with Crippen LogP contribution in [-0.2, 0) is 4.74 Å². The first-order valence-electron chi connectivity index (χ1n) is 11.8. The Hall–Kier alpha value is -4.77. The lowest BCUT2D eigenvalue weighted by Crippen LogP contribution is -2.05. The number of aliphatic imine (C=N–C) groups is 1. The van der Waals surface area contributed by atoms with Crippen molar-refractivity contribution in [1.29, 1.82) is 0 Å². The van der Waals surface area contributed by atoms with Gasteiger partial charge in [-0.1, -0.05) is 66.7 Å². The maximum atomic E-state index is 12.2. The molecule has 3 aromatic carbocycles. The van der Waals surface area contributed by atoms with Gasteiger partial charge in [-0.15, -0.1) is 0 Å². The average Bonchev–Trinajstić information content (AvgIpc) is 3.33. The first-order chi connectivity index (χ1) is 17.7. The molecule has 0 fully saturated rings. The summed E-state index contributed by atoms with van der Waals surface area (Å²) < 4.78 is 7.38. The van der Waals surface area contributed by atoms with Crippen LogP contribution in [0.1, 0.15) is 22.8 Å². The molecular formula is C31H25N3O2. The summed E-state index contributed by atoms with van der Waals surface area (Å²) in [5, 5.41) is 0. The standard InChI is InChI=1S/C31H25N3O2/c1-2-36-31(35)25-16-18-27(19-17-25)34-28(23-11-5-3-6-12-23)21-26(22-33-29-15-9-10-20-32-29)30(34)24-13-7-4-8-14-24/h3-22H,2H2,1H3. The van der Waals surface area contributed by atoms with Gasteiger partial charge in [-0.05, 0) is 60.5 Å². The lowest BCUT2D eigenvalue weighted by molar-refractivity contribution is 0.0526. The van der Waals surface area contributed by atoms with Crippen molar-refractivity contribution in [3.05, 3.63) is 127 Å². The van der Waals surface area contributed by atoms with E-state index in [1.165, 1.54) is 0 Å². The predicted molar refractivity (Wildman–Crippen MR) is 144 cm³/mol. The number of hydrogen-bond acceptors (Lipinski definition) is 4. The van der Waals surface area contributed by atoms with E-state index in [2.05, 4.69) is 44.9 Å². The van der Waals surface area contributed by atoms with E-state index >= 15 is 0 Å². The summed E-state index contributed by atoms with van der Waals surface area (Å²) in [7, 11) is 0. The summed E-state index contributed by atoms with van der Waals surface area (Å²) in [5.74, 6) is 0.315. The van der Waals surface area contributed by atoms with Gasteiger partial charge in [0.05, 0.1) is 23.6 Å². The van der Waals surface area contributed by atoms with Crippen LogP contribution >= 0.6 is 0 Å². The van der Waals surface area contributed by atoms with E-state index < -0.39 is 0 Å². The molecule has 0 radical (unpaired) electrons. The van der Waals surface area contributed by atoms with Crippen LogP contribution in [-0.4, -0.2) is 28.3 Å². The molecule has 2 aromatic heterocycles. The lowest BCUT2D eigenvalue weighted by Gasteiger charge is -2.15. The average molecular weight is 472 g/mol. The molecule has 0 aliphatic carbocycles. The van der Waals surface area contributed by atoms with Crippen LogP contribution in [0.4, 0.5) is 5.82 Å². The highest BCUT2D eigenvalue weighted by Gasteiger charge is 2.19. The summed E-state index contributed by atoms with van der Waals surface area (Å²) >= 11 is 0. The zero-order chi connectivity index (χ0) is 24.7. The third-order valence-corrected chi connectivity index (χ3v) is 5.77. The van der Waals surface area contributed by atoms with Crippen molar-refractivity contribution in [3.63, 3.8) is 0 Å². The quantitative estimate of drug-likeness (QED) is 0.187. The molecule has 0 spiro atoms. The Bertz CT molecular complexity index is 1470. The Morgan fingerprint density at radius 2 is 1.53 bits per heavy atom. The van der Waals surface area contributed by atoms with Gasteiger partial charge >= 0.3 is 5.97 Å². The van der Waals surface area contributed by atoms with Crippen LogP contribution in [0, 0.1) is 0 Å². The number of aromatic nitrogens is 2. The molecule has 0 saturated carbocycles. The zero-order valence-electron chi connectivity index (χ0n) is 19.9. The fraction of sp³-hybridized carbons (Fsp3) is 0.0645. The summed E-state index contributed by atoms with van der Waals surface area (Å²) in [6, 6.07) is 35.8. The molecule has 0 saturated heterocycles. The van der Waals surface area contributed by atoms with E-state index in [4.69, 9.17) is 4.74 Å². The van der Waals surface area contributed by atoms with Gasteiger partial charge < -0.3 is 9.30 Å². The SMILES string of the molecule is CCOC(=O)c1ccc(-n2c(-c3ccccc3)cc(C=Nc3ccccn3)c2-c2ccccc2)cc1. The molecule has 0 aliphatic rings. The number of rotatable bonds is 7. The lowest BCUT2D eigenvalue weighted by atomic mass is 10.1. The van der Waals surface area contributed by atoms with Gasteiger partial charge in [0.2, 0.25) is 0 Å². The van der Waals surface area contributed by atoms with Gasteiger partial charge in [0.15, 0.2) is 5.82 Å². The Morgan fingerprint density at radius 3 is 2.17 bits per heavy atom.